The highest BCUT2D eigenvalue weighted by Gasteiger charge is 1.75. The lowest BCUT2D eigenvalue weighted by molar-refractivity contribution is -0.137. The standard InChI is InChI=1S/C7H8.C3H6O2.C2H6/c1-7-5-3-2-4-6-7;1-3(4)5-2;1-2/h2-6H,1H3;1-2H3;1-2H3. The molecule has 1 aromatic rings. The largest absolute Gasteiger partial charge is 0.469 e. The van der Waals surface area contributed by atoms with Gasteiger partial charge in [-0.3, -0.25) is 4.79 Å². The molecule has 0 atom stereocenters. The lowest BCUT2D eigenvalue weighted by Gasteiger charge is -1.82. The van der Waals surface area contributed by atoms with Crippen LogP contribution in [0.4, 0.5) is 0 Å². The predicted octanol–water partition coefficient (Wildman–Crippen LogP) is 3.20. The molecule has 0 aliphatic heterocycles. The number of carbonyl (C=O) groups excluding carboxylic acids is 1. The number of methoxy groups -OCH3 is 1. The van der Waals surface area contributed by atoms with Crippen LogP contribution in [0.3, 0.4) is 0 Å². The quantitative estimate of drug-likeness (QED) is 0.596. The summed E-state index contributed by atoms with van der Waals surface area (Å²) in [6, 6.07) is 10.3. The zero-order valence-corrected chi connectivity index (χ0v) is 9.70. The molecule has 0 aliphatic carbocycles. The highest BCUT2D eigenvalue weighted by Crippen LogP contribution is 1.92. The molecule has 0 heterocycles. The molecule has 2 nitrogen and oxygen atoms in total. The number of hydrogen-bond donors (Lipinski definition) is 0. The van der Waals surface area contributed by atoms with E-state index in [0.717, 1.165) is 0 Å². The van der Waals surface area contributed by atoms with Crippen molar-refractivity contribution in [2.24, 2.45) is 0 Å². The normalized spacial score (nSPS) is 7.21. The van der Waals surface area contributed by atoms with Crippen LogP contribution in [0.15, 0.2) is 30.3 Å². The van der Waals surface area contributed by atoms with E-state index in [0.29, 0.717) is 0 Å². The highest BCUT2D eigenvalue weighted by atomic mass is 16.5. The molecule has 0 N–H and O–H groups in total. The van der Waals surface area contributed by atoms with Crippen molar-refractivity contribution in [3.05, 3.63) is 35.9 Å². The molecule has 1 rings (SSSR count). The van der Waals surface area contributed by atoms with Crippen LogP contribution >= 0.6 is 0 Å². The SMILES string of the molecule is CC.COC(C)=O.Cc1ccccc1. The maximum atomic E-state index is 9.59. The van der Waals surface area contributed by atoms with Crippen LogP contribution in [0.25, 0.3) is 0 Å². The van der Waals surface area contributed by atoms with Gasteiger partial charge in [-0.15, -0.1) is 0 Å². The molecule has 80 valence electrons. The van der Waals surface area contributed by atoms with Gasteiger partial charge in [0.2, 0.25) is 0 Å². The van der Waals surface area contributed by atoms with Crippen molar-refractivity contribution in [2.45, 2.75) is 27.7 Å². The minimum atomic E-state index is -0.245. The summed E-state index contributed by atoms with van der Waals surface area (Å²) in [4.78, 5) is 9.59. The Balaban J connectivity index is 0. The molecule has 0 amide bonds. The first-order valence-electron chi connectivity index (χ1n) is 4.73. The van der Waals surface area contributed by atoms with E-state index in [1.807, 2.05) is 32.0 Å². The van der Waals surface area contributed by atoms with Gasteiger partial charge in [-0.2, -0.15) is 0 Å². The first-order valence-corrected chi connectivity index (χ1v) is 4.73. The molecule has 0 aliphatic rings. The van der Waals surface area contributed by atoms with Crippen LogP contribution < -0.4 is 0 Å². The summed E-state index contributed by atoms with van der Waals surface area (Å²) in [5, 5.41) is 0. The van der Waals surface area contributed by atoms with Gasteiger partial charge in [0.1, 0.15) is 0 Å². The molecule has 14 heavy (non-hydrogen) atoms. The number of aryl methyl sites for hydroxylation is 1. The van der Waals surface area contributed by atoms with Crippen LogP contribution in [0, 0.1) is 6.92 Å². The molecule has 2 heteroatoms. The Morgan fingerprint density at radius 2 is 1.50 bits per heavy atom. The van der Waals surface area contributed by atoms with Gasteiger partial charge in [-0.1, -0.05) is 49.7 Å². The second kappa shape index (κ2) is 11.7. The van der Waals surface area contributed by atoms with E-state index >= 15 is 0 Å². The third-order valence-corrected chi connectivity index (χ3v) is 1.23. The van der Waals surface area contributed by atoms with E-state index in [-0.39, 0.29) is 5.97 Å². The van der Waals surface area contributed by atoms with Crippen molar-refractivity contribution < 1.29 is 9.53 Å². The van der Waals surface area contributed by atoms with Crippen LogP contribution in [0.1, 0.15) is 26.3 Å². The summed E-state index contributed by atoms with van der Waals surface area (Å²) in [5.74, 6) is -0.245. The van der Waals surface area contributed by atoms with E-state index in [9.17, 15) is 4.79 Å². The molecule has 0 unspecified atom stereocenters. The average molecular weight is 196 g/mol. The zero-order valence-electron chi connectivity index (χ0n) is 9.70. The average Bonchev–Trinajstić information content (AvgIpc) is 2.23. The summed E-state index contributed by atoms with van der Waals surface area (Å²) in [6.07, 6.45) is 0. The van der Waals surface area contributed by atoms with Gasteiger partial charge in [0.05, 0.1) is 7.11 Å². The molecule has 0 spiro atoms. The van der Waals surface area contributed by atoms with Gasteiger partial charge in [0.15, 0.2) is 0 Å². The molecule has 0 bridgehead atoms. The van der Waals surface area contributed by atoms with E-state index < -0.39 is 0 Å². The summed E-state index contributed by atoms with van der Waals surface area (Å²) in [6.45, 7) is 7.44. The third kappa shape index (κ3) is 13.3. The zero-order chi connectivity index (χ0) is 11.4. The monoisotopic (exact) mass is 196 g/mol. The van der Waals surface area contributed by atoms with Gasteiger partial charge in [0.25, 0.3) is 0 Å². The molecule has 1 aromatic carbocycles. The van der Waals surface area contributed by atoms with Gasteiger partial charge < -0.3 is 4.74 Å². The van der Waals surface area contributed by atoms with E-state index in [2.05, 4.69) is 23.8 Å². The van der Waals surface area contributed by atoms with E-state index in [4.69, 9.17) is 0 Å². The number of esters is 1. The Labute approximate surface area is 86.9 Å². The topological polar surface area (TPSA) is 26.3 Å². The Morgan fingerprint density at radius 1 is 1.14 bits per heavy atom. The molecule has 0 fully saturated rings. The summed E-state index contributed by atoms with van der Waals surface area (Å²) >= 11 is 0. The lowest BCUT2D eigenvalue weighted by Crippen LogP contribution is -1.88. The number of rotatable bonds is 0. The number of hydrogen-bond acceptors (Lipinski definition) is 2. The Kier molecular flexibility index (Phi) is 12.7. The molecule has 0 aromatic heterocycles. The molecule has 0 saturated carbocycles. The number of carbonyl (C=O) groups is 1. The second-order valence-electron chi connectivity index (χ2n) is 2.35. The van der Waals surface area contributed by atoms with Crippen molar-refractivity contribution in [3.8, 4) is 0 Å². The summed E-state index contributed by atoms with van der Waals surface area (Å²) in [5.41, 5.74) is 1.32. The fraction of sp³-hybridized carbons (Fsp3) is 0.417. The van der Waals surface area contributed by atoms with Crippen molar-refractivity contribution in [2.75, 3.05) is 7.11 Å². The first-order chi connectivity index (χ1) is 6.66. The maximum Gasteiger partial charge on any atom is 0.302 e. The summed E-state index contributed by atoms with van der Waals surface area (Å²) < 4.78 is 4.11. The fourth-order valence-corrected chi connectivity index (χ4v) is 0.534. The maximum absolute atomic E-state index is 9.59. The van der Waals surface area contributed by atoms with Crippen molar-refractivity contribution in [3.63, 3.8) is 0 Å². The Morgan fingerprint density at radius 3 is 1.64 bits per heavy atom. The van der Waals surface area contributed by atoms with Crippen LogP contribution in [-0.4, -0.2) is 13.1 Å². The van der Waals surface area contributed by atoms with Crippen molar-refractivity contribution in [1.29, 1.82) is 0 Å². The Bertz CT molecular complexity index is 217. The Hall–Kier alpha value is -1.31. The molecule has 0 saturated heterocycles. The van der Waals surface area contributed by atoms with Crippen molar-refractivity contribution >= 4 is 5.97 Å². The van der Waals surface area contributed by atoms with E-state index in [1.54, 1.807) is 0 Å². The van der Waals surface area contributed by atoms with Gasteiger partial charge in [-0.05, 0) is 6.92 Å². The smallest absolute Gasteiger partial charge is 0.302 e. The highest BCUT2D eigenvalue weighted by molar-refractivity contribution is 5.65. The van der Waals surface area contributed by atoms with Crippen LogP contribution in [-0.2, 0) is 9.53 Å². The molecular weight excluding hydrogens is 176 g/mol. The summed E-state index contributed by atoms with van der Waals surface area (Å²) in [7, 11) is 1.35. The third-order valence-electron chi connectivity index (χ3n) is 1.23. The van der Waals surface area contributed by atoms with Gasteiger partial charge >= 0.3 is 5.97 Å². The lowest BCUT2D eigenvalue weighted by atomic mass is 10.2. The van der Waals surface area contributed by atoms with Gasteiger partial charge in [0, 0.05) is 6.92 Å². The minimum Gasteiger partial charge on any atom is -0.469 e. The number of benzene rings is 1. The predicted molar refractivity (Wildman–Crippen MR) is 60.2 cm³/mol. The van der Waals surface area contributed by atoms with Gasteiger partial charge in [-0.25, -0.2) is 0 Å². The molecular formula is C12H20O2. The van der Waals surface area contributed by atoms with E-state index in [1.165, 1.54) is 19.6 Å². The fourth-order valence-electron chi connectivity index (χ4n) is 0.534. The first kappa shape index (κ1) is 15.2. The minimum absolute atomic E-state index is 0.245. The molecule has 0 radical (unpaired) electrons. The number of ether oxygens (including phenoxy) is 1. The van der Waals surface area contributed by atoms with Crippen LogP contribution in [0.2, 0.25) is 0 Å². The van der Waals surface area contributed by atoms with Crippen molar-refractivity contribution in [1.82, 2.24) is 0 Å². The van der Waals surface area contributed by atoms with Crippen LogP contribution in [0.5, 0.6) is 0 Å². The second-order valence-corrected chi connectivity index (χ2v) is 2.35.